The molecule has 3 heterocycles. The van der Waals surface area contributed by atoms with Gasteiger partial charge >= 0.3 is 6.03 Å². The third kappa shape index (κ3) is 4.11. The van der Waals surface area contributed by atoms with Crippen molar-refractivity contribution in [3.05, 3.63) is 131 Å². The average molecular weight is 557 g/mol. The van der Waals surface area contributed by atoms with Gasteiger partial charge in [-0.1, -0.05) is 72.8 Å². The highest BCUT2D eigenvalue weighted by Crippen LogP contribution is 2.45. The molecule has 4 aromatic carbocycles. The van der Waals surface area contributed by atoms with Gasteiger partial charge in [-0.3, -0.25) is 14.5 Å². The topological polar surface area (TPSA) is 94.7 Å². The molecule has 4 amide bonds. The molecule has 8 nitrogen and oxygen atoms in total. The maximum absolute atomic E-state index is 14.2. The summed E-state index contributed by atoms with van der Waals surface area (Å²) < 4.78 is 5.21. The number of nitrogens with one attached hydrogen (secondary N) is 2. The molecule has 208 valence electrons. The Labute approximate surface area is 242 Å². The molecular formula is C34H28N4O4. The van der Waals surface area contributed by atoms with Crippen molar-refractivity contribution in [2.24, 2.45) is 0 Å². The number of para-hydroxylation sites is 2. The van der Waals surface area contributed by atoms with Crippen molar-refractivity contribution >= 4 is 34.4 Å². The summed E-state index contributed by atoms with van der Waals surface area (Å²) in [6.45, 7) is 0.283. The van der Waals surface area contributed by atoms with Gasteiger partial charge in [-0.15, -0.1) is 0 Å². The Balaban J connectivity index is 1.24. The molecule has 1 fully saturated rings. The number of fused-ring (bicyclic) bond motifs is 4. The Kier molecular flexibility index (Phi) is 6.23. The molecule has 0 bridgehead atoms. The van der Waals surface area contributed by atoms with Gasteiger partial charge in [-0.05, 0) is 47.0 Å². The fraction of sp³-hybridized carbons (Fsp3) is 0.147. The molecule has 2 atom stereocenters. The highest BCUT2D eigenvalue weighted by molar-refractivity contribution is 6.24. The molecule has 1 saturated heterocycles. The van der Waals surface area contributed by atoms with Gasteiger partial charge < -0.3 is 15.0 Å². The summed E-state index contributed by atoms with van der Waals surface area (Å²) in [6, 6.07) is 30.3. The fourth-order valence-corrected chi connectivity index (χ4v) is 6.16. The summed E-state index contributed by atoms with van der Waals surface area (Å²) in [5.74, 6) is 0.0147. The molecular weight excluding hydrogens is 528 g/mol. The summed E-state index contributed by atoms with van der Waals surface area (Å²) in [5, 5.41) is 3.97. The standard InChI is InChI=1S/C34H28N4O4/c1-42-23-17-15-21(16-18-23)20-35-32(39)25-12-6-8-14-28(25)38-33(40)29-19-26-24-11-5-7-13-27(24)36-30(26)31(37(29)34(38)41)22-9-3-2-4-10-22/h2-18,29,31,36H,19-20H2,1H3,(H,35,39)/t29-,31?/m0/s1. The number of nitrogens with zero attached hydrogens (tertiary/aromatic N) is 2. The number of ether oxygens (including phenoxy) is 1. The largest absolute Gasteiger partial charge is 0.497 e. The van der Waals surface area contributed by atoms with Crippen molar-refractivity contribution in [1.82, 2.24) is 15.2 Å². The number of hydrogen-bond donors (Lipinski definition) is 2. The molecule has 2 N–H and O–H groups in total. The first kappa shape index (κ1) is 25.6. The van der Waals surface area contributed by atoms with Gasteiger partial charge in [0.15, 0.2) is 0 Å². The zero-order valence-corrected chi connectivity index (χ0v) is 22.9. The first-order valence-corrected chi connectivity index (χ1v) is 13.9. The summed E-state index contributed by atoms with van der Waals surface area (Å²) >= 11 is 0. The van der Waals surface area contributed by atoms with Crippen molar-refractivity contribution in [3.8, 4) is 5.75 Å². The molecule has 0 aliphatic carbocycles. The van der Waals surface area contributed by atoms with Crippen LogP contribution in [-0.2, 0) is 17.8 Å². The number of methoxy groups -OCH3 is 1. The normalized spacial score (nSPS) is 17.7. The van der Waals surface area contributed by atoms with Crippen LogP contribution in [0, 0.1) is 0 Å². The van der Waals surface area contributed by atoms with Crippen LogP contribution < -0.4 is 15.0 Å². The van der Waals surface area contributed by atoms with Crippen LogP contribution in [0.25, 0.3) is 10.9 Å². The number of urea groups is 1. The van der Waals surface area contributed by atoms with Crippen LogP contribution in [0.3, 0.4) is 0 Å². The number of carbonyl (C=O) groups is 3. The second-order valence-corrected chi connectivity index (χ2v) is 10.5. The summed E-state index contributed by atoms with van der Waals surface area (Å²) in [6.07, 6.45) is 0.385. The highest BCUT2D eigenvalue weighted by atomic mass is 16.5. The average Bonchev–Trinajstić information content (AvgIpc) is 3.53. The van der Waals surface area contributed by atoms with E-state index in [1.165, 1.54) is 4.90 Å². The Morgan fingerprint density at radius 3 is 2.40 bits per heavy atom. The fourth-order valence-electron chi connectivity index (χ4n) is 6.16. The lowest BCUT2D eigenvalue weighted by Crippen LogP contribution is -2.44. The molecule has 42 heavy (non-hydrogen) atoms. The van der Waals surface area contributed by atoms with Gasteiger partial charge in [0.25, 0.3) is 11.8 Å². The molecule has 0 saturated carbocycles. The van der Waals surface area contributed by atoms with Crippen LogP contribution in [0.2, 0.25) is 0 Å². The zero-order chi connectivity index (χ0) is 28.8. The van der Waals surface area contributed by atoms with Gasteiger partial charge in [0.1, 0.15) is 17.8 Å². The first-order valence-electron chi connectivity index (χ1n) is 13.9. The van der Waals surface area contributed by atoms with E-state index >= 15 is 0 Å². The minimum atomic E-state index is -0.704. The van der Waals surface area contributed by atoms with Crippen molar-refractivity contribution < 1.29 is 19.1 Å². The number of anilines is 1. The van der Waals surface area contributed by atoms with E-state index in [1.807, 2.05) is 78.9 Å². The molecule has 0 spiro atoms. The lowest BCUT2D eigenvalue weighted by atomic mass is 9.89. The molecule has 7 rings (SSSR count). The molecule has 2 aliphatic rings. The van der Waals surface area contributed by atoms with Crippen LogP contribution in [-0.4, -0.2) is 40.9 Å². The number of benzene rings is 4. The van der Waals surface area contributed by atoms with E-state index in [9.17, 15) is 14.4 Å². The molecule has 0 radical (unpaired) electrons. The molecule has 5 aromatic rings. The van der Waals surface area contributed by atoms with Crippen molar-refractivity contribution in [1.29, 1.82) is 0 Å². The van der Waals surface area contributed by atoms with Gasteiger partial charge in [-0.2, -0.15) is 0 Å². The first-order chi connectivity index (χ1) is 20.5. The van der Waals surface area contributed by atoms with Crippen LogP contribution in [0.4, 0.5) is 10.5 Å². The summed E-state index contributed by atoms with van der Waals surface area (Å²) in [4.78, 5) is 48.2. The Bertz CT molecular complexity index is 1830. The molecule has 1 unspecified atom stereocenters. The van der Waals surface area contributed by atoms with Gasteiger partial charge in [-0.25, -0.2) is 9.69 Å². The van der Waals surface area contributed by atoms with Gasteiger partial charge in [0.2, 0.25) is 0 Å². The van der Waals surface area contributed by atoms with E-state index in [4.69, 9.17) is 4.74 Å². The number of aromatic amines is 1. The Morgan fingerprint density at radius 2 is 1.62 bits per heavy atom. The molecule has 2 aliphatic heterocycles. The van der Waals surface area contributed by atoms with E-state index in [2.05, 4.69) is 10.3 Å². The van der Waals surface area contributed by atoms with E-state index in [0.29, 0.717) is 6.42 Å². The monoisotopic (exact) mass is 556 g/mol. The third-order valence-corrected chi connectivity index (χ3v) is 8.17. The quantitative estimate of drug-likeness (QED) is 0.267. The SMILES string of the molecule is COc1ccc(CNC(=O)c2ccccc2N2C(=O)[C@@H]3Cc4c([nH]c5ccccc45)C(c4ccccc4)N3C2=O)cc1. The zero-order valence-electron chi connectivity index (χ0n) is 22.9. The highest BCUT2D eigenvalue weighted by Gasteiger charge is 2.53. The maximum atomic E-state index is 14.2. The second-order valence-electron chi connectivity index (χ2n) is 10.5. The Morgan fingerprint density at radius 1 is 0.905 bits per heavy atom. The van der Waals surface area contributed by atoms with Crippen LogP contribution in [0.1, 0.15) is 38.8 Å². The maximum Gasteiger partial charge on any atom is 0.332 e. The molecule has 1 aromatic heterocycles. The predicted octanol–water partition coefficient (Wildman–Crippen LogP) is 5.59. The van der Waals surface area contributed by atoms with Crippen LogP contribution >= 0.6 is 0 Å². The summed E-state index contributed by atoms with van der Waals surface area (Å²) in [7, 11) is 1.60. The minimum absolute atomic E-state index is 0.257. The molecule has 8 heteroatoms. The Hall–Kier alpha value is -5.37. The number of H-pyrrole nitrogens is 1. The number of imide groups is 1. The number of aromatic nitrogens is 1. The van der Waals surface area contributed by atoms with Crippen molar-refractivity contribution in [2.75, 3.05) is 12.0 Å². The lowest BCUT2D eigenvalue weighted by molar-refractivity contribution is -0.120. The predicted molar refractivity (Wildman–Crippen MR) is 159 cm³/mol. The third-order valence-electron chi connectivity index (χ3n) is 8.17. The number of rotatable bonds is 6. The lowest BCUT2D eigenvalue weighted by Gasteiger charge is -2.36. The van der Waals surface area contributed by atoms with Gasteiger partial charge in [0.05, 0.1) is 18.4 Å². The number of amides is 4. The smallest absolute Gasteiger partial charge is 0.332 e. The second kappa shape index (κ2) is 10.2. The van der Waals surface area contributed by atoms with E-state index in [1.54, 1.807) is 36.3 Å². The van der Waals surface area contributed by atoms with Crippen LogP contribution in [0.5, 0.6) is 5.75 Å². The van der Waals surface area contributed by atoms with E-state index < -0.39 is 18.1 Å². The van der Waals surface area contributed by atoms with E-state index in [0.717, 1.165) is 39.0 Å². The van der Waals surface area contributed by atoms with Gasteiger partial charge in [0, 0.05) is 29.6 Å². The summed E-state index contributed by atoms with van der Waals surface area (Å²) in [5.41, 5.74) is 5.25. The van der Waals surface area contributed by atoms with Crippen LogP contribution in [0.15, 0.2) is 103 Å². The van der Waals surface area contributed by atoms with E-state index in [-0.39, 0.29) is 29.6 Å². The minimum Gasteiger partial charge on any atom is -0.497 e. The number of carbonyl (C=O) groups excluding carboxylic acids is 3. The number of hydrogen-bond acceptors (Lipinski definition) is 4. The van der Waals surface area contributed by atoms with Crippen molar-refractivity contribution in [2.45, 2.75) is 25.0 Å². The van der Waals surface area contributed by atoms with Crippen molar-refractivity contribution in [3.63, 3.8) is 0 Å².